The number of anilines is 1. The second-order valence-electron chi connectivity index (χ2n) is 9.25. The molecular formula is C25H31N3O5S. The molecule has 1 saturated carbocycles. The van der Waals surface area contributed by atoms with Crippen LogP contribution < -0.4 is 15.0 Å². The molecule has 0 radical (unpaired) electrons. The molecule has 2 aromatic rings. The number of benzene rings is 2. The molecule has 1 heterocycles. The minimum Gasteiger partial charge on any atom is -0.497 e. The lowest BCUT2D eigenvalue weighted by Crippen LogP contribution is -2.70. The third-order valence-electron chi connectivity index (χ3n) is 6.69. The minimum absolute atomic E-state index is 0.0238. The van der Waals surface area contributed by atoms with Crippen molar-refractivity contribution in [3.8, 4) is 5.75 Å². The van der Waals surface area contributed by atoms with E-state index < -0.39 is 21.5 Å². The van der Waals surface area contributed by atoms with Gasteiger partial charge in [-0.1, -0.05) is 36.6 Å². The number of nitrogens with one attached hydrogen (secondary N) is 1. The van der Waals surface area contributed by atoms with Gasteiger partial charge in [-0.3, -0.25) is 14.5 Å². The number of carbonyl (C=O) groups is 2. The van der Waals surface area contributed by atoms with Crippen LogP contribution in [-0.2, 0) is 19.6 Å². The average molecular weight is 486 g/mol. The zero-order chi connectivity index (χ0) is 24.5. The smallest absolute Gasteiger partial charge is 0.247 e. The maximum atomic E-state index is 13.7. The molecule has 1 unspecified atom stereocenters. The average Bonchev–Trinajstić information content (AvgIpc) is 3.32. The molecule has 182 valence electrons. The molecule has 1 aliphatic heterocycles. The molecule has 1 N–H and O–H groups in total. The third-order valence-corrected chi connectivity index (χ3v) is 8.49. The third kappa shape index (κ3) is 4.54. The molecular weight excluding hydrogens is 454 g/mol. The fourth-order valence-electron chi connectivity index (χ4n) is 4.76. The summed E-state index contributed by atoms with van der Waals surface area (Å²) in [5, 5.41) is 3.07. The first-order valence-electron chi connectivity index (χ1n) is 11.5. The van der Waals surface area contributed by atoms with E-state index in [2.05, 4.69) is 5.32 Å². The van der Waals surface area contributed by atoms with Crippen LogP contribution in [0, 0.1) is 6.92 Å². The van der Waals surface area contributed by atoms with E-state index in [-0.39, 0.29) is 29.9 Å². The number of nitrogens with zero attached hydrogens (tertiary/aromatic N) is 2. The predicted molar refractivity (Wildman–Crippen MR) is 129 cm³/mol. The number of methoxy groups -OCH3 is 1. The SMILES string of the molecule is COc1cccc(N2C(=O)CN(S(=O)(=O)c3ccc(C)cc3)CC2(C)C(=O)NC2CCCC2)c1. The van der Waals surface area contributed by atoms with Crippen LogP contribution in [0.2, 0.25) is 0 Å². The molecule has 2 amide bonds. The van der Waals surface area contributed by atoms with Crippen molar-refractivity contribution >= 4 is 27.5 Å². The number of piperazine rings is 1. The van der Waals surface area contributed by atoms with Crippen molar-refractivity contribution in [1.29, 1.82) is 0 Å². The van der Waals surface area contributed by atoms with E-state index in [1.165, 1.54) is 24.1 Å². The van der Waals surface area contributed by atoms with Gasteiger partial charge in [0.15, 0.2) is 0 Å². The summed E-state index contributed by atoms with van der Waals surface area (Å²) in [6, 6.07) is 13.4. The molecule has 8 nitrogen and oxygen atoms in total. The van der Waals surface area contributed by atoms with E-state index in [1.807, 2.05) is 6.92 Å². The summed E-state index contributed by atoms with van der Waals surface area (Å²) in [7, 11) is -2.45. The number of hydrogen-bond donors (Lipinski definition) is 1. The monoisotopic (exact) mass is 485 g/mol. The van der Waals surface area contributed by atoms with Crippen molar-refractivity contribution < 1.29 is 22.7 Å². The Labute approximate surface area is 200 Å². The Hall–Kier alpha value is -2.91. The highest BCUT2D eigenvalue weighted by Gasteiger charge is 2.51. The van der Waals surface area contributed by atoms with Gasteiger partial charge in [0.2, 0.25) is 21.8 Å². The number of rotatable bonds is 6. The molecule has 34 heavy (non-hydrogen) atoms. The van der Waals surface area contributed by atoms with Crippen LogP contribution in [0.1, 0.15) is 38.2 Å². The molecule has 1 atom stereocenters. The summed E-state index contributed by atoms with van der Waals surface area (Å²) in [5.41, 5.74) is -0.0262. The summed E-state index contributed by atoms with van der Waals surface area (Å²) in [5.74, 6) is -0.294. The number of amides is 2. The van der Waals surface area contributed by atoms with Gasteiger partial charge >= 0.3 is 0 Å². The van der Waals surface area contributed by atoms with Crippen LogP contribution in [0.4, 0.5) is 5.69 Å². The maximum absolute atomic E-state index is 13.7. The van der Waals surface area contributed by atoms with Crippen LogP contribution in [0.25, 0.3) is 0 Å². The van der Waals surface area contributed by atoms with Gasteiger partial charge in [0.25, 0.3) is 0 Å². The summed E-state index contributed by atoms with van der Waals surface area (Å²) in [6.07, 6.45) is 3.82. The summed E-state index contributed by atoms with van der Waals surface area (Å²) < 4.78 is 33.3. The van der Waals surface area contributed by atoms with E-state index in [1.54, 1.807) is 43.3 Å². The number of hydrogen-bond acceptors (Lipinski definition) is 5. The van der Waals surface area contributed by atoms with E-state index in [9.17, 15) is 18.0 Å². The molecule has 0 spiro atoms. The van der Waals surface area contributed by atoms with Crippen molar-refractivity contribution in [1.82, 2.24) is 9.62 Å². The number of ether oxygens (including phenoxy) is 1. The highest BCUT2D eigenvalue weighted by molar-refractivity contribution is 7.89. The van der Waals surface area contributed by atoms with Gasteiger partial charge in [-0.25, -0.2) is 8.42 Å². The topological polar surface area (TPSA) is 96.0 Å². The highest BCUT2D eigenvalue weighted by atomic mass is 32.2. The second-order valence-corrected chi connectivity index (χ2v) is 11.2. The summed E-state index contributed by atoms with van der Waals surface area (Å²) >= 11 is 0. The first-order chi connectivity index (χ1) is 16.1. The van der Waals surface area contributed by atoms with Gasteiger partial charge in [-0.2, -0.15) is 4.31 Å². The van der Waals surface area contributed by atoms with Crippen molar-refractivity contribution in [2.75, 3.05) is 25.1 Å². The van der Waals surface area contributed by atoms with Gasteiger partial charge in [-0.05, 0) is 51.0 Å². The fourth-order valence-corrected chi connectivity index (χ4v) is 6.24. The van der Waals surface area contributed by atoms with Crippen LogP contribution in [0.5, 0.6) is 5.75 Å². The highest BCUT2D eigenvalue weighted by Crippen LogP contribution is 2.34. The lowest BCUT2D eigenvalue weighted by atomic mass is 9.94. The molecule has 4 rings (SSSR count). The van der Waals surface area contributed by atoms with Gasteiger partial charge in [0.05, 0.1) is 18.6 Å². The number of carbonyl (C=O) groups excluding carboxylic acids is 2. The molecule has 1 aliphatic carbocycles. The summed E-state index contributed by atoms with van der Waals surface area (Å²) in [4.78, 5) is 28.7. The van der Waals surface area contributed by atoms with Crippen molar-refractivity contribution in [3.05, 3.63) is 54.1 Å². The molecule has 2 fully saturated rings. The zero-order valence-electron chi connectivity index (χ0n) is 19.8. The Bertz CT molecular complexity index is 1180. The predicted octanol–water partition coefficient (Wildman–Crippen LogP) is 2.86. The van der Waals surface area contributed by atoms with Crippen molar-refractivity contribution in [2.45, 2.75) is 56.0 Å². The van der Waals surface area contributed by atoms with E-state index in [0.717, 1.165) is 35.6 Å². The maximum Gasteiger partial charge on any atom is 0.247 e. The number of aryl methyl sites for hydroxylation is 1. The standard InChI is InChI=1S/C25H31N3O5S/c1-18-11-13-22(14-12-18)34(31,32)27-16-23(29)28(20-9-6-10-21(15-20)33-3)25(2,17-27)24(30)26-19-7-4-5-8-19/h6,9-15,19H,4-5,7-8,16-17H2,1-3H3,(H,26,30). The van der Waals surface area contributed by atoms with Gasteiger partial charge in [0.1, 0.15) is 11.3 Å². The van der Waals surface area contributed by atoms with Gasteiger partial charge < -0.3 is 10.1 Å². The second kappa shape index (κ2) is 9.38. The minimum atomic E-state index is -3.98. The van der Waals surface area contributed by atoms with Crippen LogP contribution in [0.15, 0.2) is 53.4 Å². The number of sulfonamides is 1. The normalized spacial score (nSPS) is 22.1. The Morgan fingerprint density at radius 1 is 1.12 bits per heavy atom. The Kier molecular flexibility index (Phi) is 6.69. The van der Waals surface area contributed by atoms with E-state index in [0.29, 0.717) is 11.4 Å². The Morgan fingerprint density at radius 3 is 2.44 bits per heavy atom. The molecule has 2 aromatic carbocycles. The molecule has 9 heteroatoms. The van der Waals surface area contributed by atoms with Crippen molar-refractivity contribution in [2.24, 2.45) is 0 Å². The zero-order valence-corrected chi connectivity index (χ0v) is 20.6. The van der Waals surface area contributed by atoms with Gasteiger partial charge in [-0.15, -0.1) is 0 Å². The summed E-state index contributed by atoms with van der Waals surface area (Å²) in [6.45, 7) is 2.98. The Balaban J connectivity index is 1.73. The van der Waals surface area contributed by atoms with Crippen LogP contribution in [-0.4, -0.2) is 56.3 Å². The lowest BCUT2D eigenvalue weighted by Gasteiger charge is -2.47. The molecule has 1 saturated heterocycles. The van der Waals surface area contributed by atoms with E-state index >= 15 is 0 Å². The van der Waals surface area contributed by atoms with Crippen molar-refractivity contribution in [3.63, 3.8) is 0 Å². The molecule has 0 bridgehead atoms. The quantitative estimate of drug-likeness (QED) is 0.679. The van der Waals surface area contributed by atoms with E-state index in [4.69, 9.17) is 4.74 Å². The fraction of sp³-hybridized carbons (Fsp3) is 0.440. The molecule has 0 aromatic heterocycles. The largest absolute Gasteiger partial charge is 0.497 e. The van der Waals surface area contributed by atoms with Crippen LogP contribution in [0.3, 0.4) is 0 Å². The van der Waals surface area contributed by atoms with Gasteiger partial charge in [0, 0.05) is 24.3 Å². The molecule has 2 aliphatic rings. The first kappa shape index (κ1) is 24.2. The Morgan fingerprint density at radius 2 is 1.79 bits per heavy atom. The first-order valence-corrected chi connectivity index (χ1v) is 12.9. The lowest BCUT2D eigenvalue weighted by molar-refractivity contribution is -0.133. The van der Waals surface area contributed by atoms with Crippen LogP contribution >= 0.6 is 0 Å².